The van der Waals surface area contributed by atoms with E-state index in [4.69, 9.17) is 4.74 Å². The molecular weight excluding hydrogens is 262 g/mol. The topological polar surface area (TPSA) is 97.3 Å². The van der Waals surface area contributed by atoms with Crippen molar-refractivity contribution in [3.05, 3.63) is 11.9 Å². The van der Waals surface area contributed by atoms with Gasteiger partial charge in [0, 0.05) is 32.9 Å². The molecule has 8 heteroatoms. The summed E-state index contributed by atoms with van der Waals surface area (Å²) < 4.78 is 6.71. The van der Waals surface area contributed by atoms with Gasteiger partial charge in [0.25, 0.3) is 5.91 Å². The van der Waals surface area contributed by atoms with Crippen molar-refractivity contribution in [1.29, 1.82) is 0 Å². The summed E-state index contributed by atoms with van der Waals surface area (Å²) in [5.74, 6) is 0.0963. The molecule has 1 aliphatic heterocycles. The van der Waals surface area contributed by atoms with E-state index in [-0.39, 0.29) is 18.4 Å². The predicted molar refractivity (Wildman–Crippen MR) is 72.6 cm³/mol. The molecule has 0 saturated heterocycles. The first-order valence-corrected chi connectivity index (χ1v) is 6.55. The van der Waals surface area contributed by atoms with Gasteiger partial charge in [0.15, 0.2) is 0 Å². The molecule has 1 aliphatic rings. The quantitative estimate of drug-likeness (QED) is 0.593. The number of aryl methyl sites for hydroxylation is 1. The highest BCUT2D eigenvalue weighted by atomic mass is 16.5. The molecule has 0 bridgehead atoms. The third-order valence-electron chi connectivity index (χ3n) is 2.91. The Bertz CT molecular complexity index is 462. The largest absolute Gasteiger partial charge is 0.383 e. The highest BCUT2D eigenvalue weighted by molar-refractivity contribution is 5.95. The van der Waals surface area contributed by atoms with Crippen molar-refractivity contribution in [1.82, 2.24) is 20.2 Å². The zero-order valence-corrected chi connectivity index (χ0v) is 11.4. The maximum Gasteiger partial charge on any atom is 0.271 e. The minimum atomic E-state index is -0.351. The first-order valence-electron chi connectivity index (χ1n) is 6.55. The van der Waals surface area contributed by atoms with Gasteiger partial charge in [-0.2, -0.15) is 0 Å². The molecule has 2 amide bonds. The molecule has 1 aromatic rings. The molecule has 0 unspecified atom stereocenters. The van der Waals surface area contributed by atoms with Gasteiger partial charge < -0.3 is 25.3 Å². The number of imidazole rings is 1. The van der Waals surface area contributed by atoms with E-state index in [2.05, 4.69) is 20.9 Å². The molecule has 1 aromatic heterocycles. The fourth-order valence-corrected chi connectivity index (χ4v) is 1.89. The molecule has 0 fully saturated rings. The summed E-state index contributed by atoms with van der Waals surface area (Å²) in [6.45, 7) is 2.51. The Morgan fingerprint density at radius 2 is 2.35 bits per heavy atom. The smallest absolute Gasteiger partial charge is 0.271 e. The van der Waals surface area contributed by atoms with Crippen molar-refractivity contribution in [3.63, 3.8) is 0 Å². The van der Waals surface area contributed by atoms with E-state index in [1.807, 2.05) is 4.57 Å². The van der Waals surface area contributed by atoms with Gasteiger partial charge in [-0.15, -0.1) is 0 Å². The van der Waals surface area contributed by atoms with Gasteiger partial charge in [-0.05, 0) is 6.42 Å². The summed E-state index contributed by atoms with van der Waals surface area (Å²) in [7, 11) is 1.56. The van der Waals surface area contributed by atoms with Crippen molar-refractivity contribution >= 4 is 17.8 Å². The van der Waals surface area contributed by atoms with E-state index >= 15 is 0 Å². The van der Waals surface area contributed by atoms with Crippen LogP contribution in [0.15, 0.2) is 6.20 Å². The molecule has 2 rings (SSSR count). The van der Waals surface area contributed by atoms with Crippen LogP contribution in [0.1, 0.15) is 16.9 Å². The second-order valence-electron chi connectivity index (χ2n) is 4.45. The molecule has 0 spiro atoms. The Morgan fingerprint density at radius 1 is 1.50 bits per heavy atom. The summed E-state index contributed by atoms with van der Waals surface area (Å²) in [6, 6.07) is 0. The monoisotopic (exact) mass is 281 g/mol. The van der Waals surface area contributed by atoms with Crippen molar-refractivity contribution in [2.24, 2.45) is 0 Å². The zero-order chi connectivity index (χ0) is 14.4. The number of methoxy groups -OCH3 is 1. The maximum atomic E-state index is 11.9. The zero-order valence-electron chi connectivity index (χ0n) is 11.4. The maximum absolute atomic E-state index is 11.9. The Kier molecular flexibility index (Phi) is 4.94. The molecule has 3 N–H and O–H groups in total. The Hall–Kier alpha value is -2.09. The number of carbonyl (C=O) groups is 2. The van der Waals surface area contributed by atoms with Gasteiger partial charge >= 0.3 is 0 Å². The SMILES string of the molecule is COCCNC(=O)CNC(=O)c1cn2c(n1)NCCC2. The summed E-state index contributed by atoms with van der Waals surface area (Å²) in [5, 5.41) is 8.28. The number of hydrogen-bond donors (Lipinski definition) is 3. The Balaban J connectivity index is 1.80. The normalized spacial score (nSPS) is 13.2. The lowest BCUT2D eigenvalue weighted by Gasteiger charge is -2.14. The van der Waals surface area contributed by atoms with Crippen LogP contribution < -0.4 is 16.0 Å². The first kappa shape index (κ1) is 14.3. The number of ether oxygens (including phenoxy) is 1. The lowest BCUT2D eigenvalue weighted by molar-refractivity contribution is -0.120. The molecular formula is C12H19N5O3. The van der Waals surface area contributed by atoms with Crippen LogP contribution >= 0.6 is 0 Å². The van der Waals surface area contributed by atoms with E-state index in [0.29, 0.717) is 24.8 Å². The number of fused-ring (bicyclic) bond motifs is 1. The van der Waals surface area contributed by atoms with Crippen molar-refractivity contribution < 1.29 is 14.3 Å². The van der Waals surface area contributed by atoms with Gasteiger partial charge in [0.2, 0.25) is 11.9 Å². The molecule has 110 valence electrons. The van der Waals surface area contributed by atoms with Crippen LogP contribution in [-0.2, 0) is 16.1 Å². The van der Waals surface area contributed by atoms with Crippen LogP contribution in [0.5, 0.6) is 0 Å². The number of amides is 2. The van der Waals surface area contributed by atoms with Crippen LogP contribution in [0.25, 0.3) is 0 Å². The van der Waals surface area contributed by atoms with Crippen LogP contribution in [0.3, 0.4) is 0 Å². The lowest BCUT2D eigenvalue weighted by atomic mass is 10.4. The highest BCUT2D eigenvalue weighted by Gasteiger charge is 2.16. The summed E-state index contributed by atoms with van der Waals surface area (Å²) in [5.41, 5.74) is 0.319. The van der Waals surface area contributed by atoms with E-state index in [0.717, 1.165) is 19.5 Å². The minimum absolute atomic E-state index is 0.0713. The van der Waals surface area contributed by atoms with Crippen molar-refractivity contribution in [2.75, 3.05) is 38.7 Å². The highest BCUT2D eigenvalue weighted by Crippen LogP contribution is 2.13. The third kappa shape index (κ3) is 3.70. The van der Waals surface area contributed by atoms with Gasteiger partial charge in [-0.1, -0.05) is 0 Å². The minimum Gasteiger partial charge on any atom is -0.383 e. The molecule has 0 aliphatic carbocycles. The van der Waals surface area contributed by atoms with Gasteiger partial charge in [0.05, 0.1) is 13.2 Å². The van der Waals surface area contributed by atoms with E-state index < -0.39 is 0 Å². The van der Waals surface area contributed by atoms with Crippen LogP contribution in [0.2, 0.25) is 0 Å². The summed E-state index contributed by atoms with van der Waals surface area (Å²) in [4.78, 5) is 27.5. The number of anilines is 1. The van der Waals surface area contributed by atoms with Crippen LogP contribution in [-0.4, -0.2) is 54.7 Å². The number of nitrogens with zero attached hydrogens (tertiary/aromatic N) is 2. The standard InChI is InChI=1S/C12H19N5O3/c1-20-6-4-13-10(18)7-15-11(19)9-8-17-5-2-3-14-12(17)16-9/h8H,2-7H2,1H3,(H,13,18)(H,14,16)(H,15,19). The van der Waals surface area contributed by atoms with Crippen LogP contribution in [0, 0.1) is 0 Å². The summed E-state index contributed by atoms with van der Waals surface area (Å²) >= 11 is 0. The van der Waals surface area contributed by atoms with E-state index in [9.17, 15) is 9.59 Å². The van der Waals surface area contributed by atoms with Crippen molar-refractivity contribution in [2.45, 2.75) is 13.0 Å². The van der Waals surface area contributed by atoms with Gasteiger partial charge in [-0.3, -0.25) is 9.59 Å². The van der Waals surface area contributed by atoms with Gasteiger partial charge in [-0.25, -0.2) is 4.98 Å². The number of carbonyl (C=O) groups excluding carboxylic acids is 2. The number of aromatic nitrogens is 2. The fraction of sp³-hybridized carbons (Fsp3) is 0.583. The number of rotatable bonds is 6. The van der Waals surface area contributed by atoms with Crippen LogP contribution in [0.4, 0.5) is 5.95 Å². The first-order chi connectivity index (χ1) is 9.70. The molecule has 0 aromatic carbocycles. The molecule has 0 atom stereocenters. The average molecular weight is 281 g/mol. The Morgan fingerprint density at radius 3 is 3.10 bits per heavy atom. The van der Waals surface area contributed by atoms with Crippen molar-refractivity contribution in [3.8, 4) is 0 Å². The molecule has 0 saturated carbocycles. The Labute approximate surface area is 116 Å². The van der Waals surface area contributed by atoms with E-state index in [1.165, 1.54) is 0 Å². The second-order valence-corrected chi connectivity index (χ2v) is 4.45. The average Bonchev–Trinajstić information content (AvgIpc) is 2.89. The summed E-state index contributed by atoms with van der Waals surface area (Å²) in [6.07, 6.45) is 2.70. The molecule has 2 heterocycles. The predicted octanol–water partition coefficient (Wildman–Crippen LogP) is -0.809. The fourth-order valence-electron chi connectivity index (χ4n) is 1.89. The molecule has 20 heavy (non-hydrogen) atoms. The lowest BCUT2D eigenvalue weighted by Crippen LogP contribution is -2.38. The second kappa shape index (κ2) is 6.90. The van der Waals surface area contributed by atoms with E-state index in [1.54, 1.807) is 13.3 Å². The molecule has 0 radical (unpaired) electrons. The van der Waals surface area contributed by atoms with Gasteiger partial charge in [0.1, 0.15) is 5.69 Å². The third-order valence-corrected chi connectivity index (χ3v) is 2.91. The number of hydrogen-bond acceptors (Lipinski definition) is 5. The number of nitrogens with one attached hydrogen (secondary N) is 3. The molecule has 8 nitrogen and oxygen atoms in total.